The molecule has 4 N–H and O–H groups in total. The molecule has 0 aromatic heterocycles. The van der Waals surface area contributed by atoms with Crippen molar-refractivity contribution in [3.63, 3.8) is 0 Å². The molecule has 8 heteroatoms. The Hall–Kier alpha value is -1.22. The van der Waals surface area contributed by atoms with Crippen LogP contribution in [0.1, 0.15) is 239 Å². The van der Waals surface area contributed by atoms with Gasteiger partial charge in [0.1, 0.15) is 6.10 Å². The van der Waals surface area contributed by atoms with Crippen LogP contribution in [0.25, 0.3) is 0 Å². The summed E-state index contributed by atoms with van der Waals surface area (Å²) in [7, 11) is -4.41. The second-order valence-corrected chi connectivity index (χ2v) is 17.7. The zero-order valence-electron chi connectivity index (χ0n) is 35.5. The van der Waals surface area contributed by atoms with E-state index in [1.807, 2.05) is 0 Å². The third kappa shape index (κ3) is 39.0. The van der Waals surface area contributed by atoms with Gasteiger partial charge in [0.25, 0.3) is 10.1 Å². The standard InChI is InChI=1S/C46H89NO6S/c1-3-5-7-9-11-13-15-17-19-21-22-23-24-25-27-28-30-32-34-36-38-40-44(48)43(42-54(51,52)53)47-46(50)45(49)41-39-37-35-33-31-29-26-20-18-16-14-12-10-8-6-4-2/h12,14,18,20,43-45,48-49H,3-11,13,15-17,19,21-42H2,1-2H3,(H,47,50)(H,51,52,53)/b14-12-,20-18-. The Morgan fingerprint density at radius 3 is 1.24 bits per heavy atom. The van der Waals surface area contributed by atoms with Gasteiger partial charge in [-0.15, -0.1) is 0 Å². The molecule has 0 aliphatic heterocycles. The van der Waals surface area contributed by atoms with E-state index in [4.69, 9.17) is 0 Å². The molecule has 0 rings (SSSR count). The van der Waals surface area contributed by atoms with Crippen LogP contribution in [0.15, 0.2) is 24.3 Å². The third-order valence-electron chi connectivity index (χ3n) is 10.8. The van der Waals surface area contributed by atoms with Gasteiger partial charge >= 0.3 is 0 Å². The molecule has 320 valence electrons. The molecule has 0 aliphatic rings. The van der Waals surface area contributed by atoms with Crippen molar-refractivity contribution in [1.82, 2.24) is 5.32 Å². The van der Waals surface area contributed by atoms with Crippen molar-refractivity contribution in [3.8, 4) is 0 Å². The van der Waals surface area contributed by atoms with E-state index in [2.05, 4.69) is 43.5 Å². The highest BCUT2D eigenvalue weighted by atomic mass is 32.2. The fourth-order valence-electron chi connectivity index (χ4n) is 7.20. The van der Waals surface area contributed by atoms with Crippen molar-refractivity contribution < 1.29 is 28.0 Å². The van der Waals surface area contributed by atoms with Crippen LogP contribution in [-0.2, 0) is 14.9 Å². The first kappa shape index (κ1) is 52.8. The number of hydrogen-bond donors (Lipinski definition) is 4. The van der Waals surface area contributed by atoms with Gasteiger partial charge in [-0.2, -0.15) is 8.42 Å². The molecule has 0 saturated carbocycles. The molecule has 0 saturated heterocycles. The van der Waals surface area contributed by atoms with Crippen molar-refractivity contribution in [2.24, 2.45) is 0 Å². The molecule has 0 radical (unpaired) electrons. The summed E-state index contributed by atoms with van der Waals surface area (Å²) in [6.45, 7) is 4.50. The quantitative estimate of drug-likeness (QED) is 0.0278. The normalized spacial score (nSPS) is 13.9. The van der Waals surface area contributed by atoms with E-state index in [1.54, 1.807) is 0 Å². The monoisotopic (exact) mass is 784 g/mol. The summed E-state index contributed by atoms with van der Waals surface area (Å²) in [5.41, 5.74) is 0. The lowest BCUT2D eigenvalue weighted by Gasteiger charge is -2.24. The number of carbonyl (C=O) groups excluding carboxylic acids is 1. The van der Waals surface area contributed by atoms with Crippen molar-refractivity contribution in [3.05, 3.63) is 24.3 Å². The second kappa shape index (κ2) is 40.0. The van der Waals surface area contributed by atoms with E-state index in [1.165, 1.54) is 141 Å². The van der Waals surface area contributed by atoms with Crippen LogP contribution >= 0.6 is 0 Å². The van der Waals surface area contributed by atoms with Gasteiger partial charge in [-0.05, 0) is 44.9 Å². The molecule has 1 amide bonds. The molecule has 0 fully saturated rings. The van der Waals surface area contributed by atoms with E-state index < -0.39 is 40.0 Å². The maximum Gasteiger partial charge on any atom is 0.266 e. The number of allylic oxidation sites excluding steroid dienone is 4. The van der Waals surface area contributed by atoms with Crippen LogP contribution in [0.5, 0.6) is 0 Å². The molecular weight excluding hydrogens is 695 g/mol. The number of hydrogen-bond acceptors (Lipinski definition) is 5. The largest absolute Gasteiger partial charge is 0.391 e. The Kier molecular flexibility index (Phi) is 39.1. The number of amides is 1. The van der Waals surface area contributed by atoms with Crippen molar-refractivity contribution >= 4 is 16.0 Å². The van der Waals surface area contributed by atoms with Crippen LogP contribution in [0.2, 0.25) is 0 Å². The third-order valence-corrected chi connectivity index (χ3v) is 11.5. The van der Waals surface area contributed by atoms with Gasteiger partial charge in [0, 0.05) is 0 Å². The first-order valence-corrected chi connectivity index (χ1v) is 24.7. The van der Waals surface area contributed by atoms with Gasteiger partial charge in [-0.25, -0.2) is 0 Å². The van der Waals surface area contributed by atoms with Crippen LogP contribution in [0, 0.1) is 0 Å². The van der Waals surface area contributed by atoms with E-state index in [9.17, 15) is 28.0 Å². The van der Waals surface area contributed by atoms with Gasteiger partial charge in [0.2, 0.25) is 5.91 Å². The number of aliphatic hydroxyl groups is 2. The van der Waals surface area contributed by atoms with Crippen LogP contribution < -0.4 is 5.32 Å². The maximum absolute atomic E-state index is 12.6. The summed E-state index contributed by atoms with van der Waals surface area (Å²) in [6, 6.07) is -1.15. The summed E-state index contributed by atoms with van der Waals surface area (Å²) >= 11 is 0. The predicted molar refractivity (Wildman–Crippen MR) is 232 cm³/mol. The summed E-state index contributed by atoms with van der Waals surface area (Å²) in [5.74, 6) is -1.46. The molecule has 0 aromatic rings. The molecule has 7 nitrogen and oxygen atoms in total. The first-order chi connectivity index (χ1) is 26.2. The van der Waals surface area contributed by atoms with E-state index >= 15 is 0 Å². The molecule has 54 heavy (non-hydrogen) atoms. The number of unbranched alkanes of at least 4 members (excludes halogenated alkanes) is 29. The Bertz CT molecular complexity index is 968. The SMILES string of the molecule is CCCCC/C=C\C/C=C\CCCCCCCCC(O)C(=O)NC(CS(=O)(=O)O)C(O)CCCCCCCCCCCCCCCCCCCCCCC. The average molecular weight is 784 g/mol. The van der Waals surface area contributed by atoms with Crippen molar-refractivity contribution in [1.29, 1.82) is 0 Å². The fourth-order valence-corrected chi connectivity index (χ4v) is 7.96. The Morgan fingerprint density at radius 2 is 0.833 bits per heavy atom. The van der Waals surface area contributed by atoms with Gasteiger partial charge in [-0.1, -0.05) is 218 Å². The van der Waals surface area contributed by atoms with E-state index in [0.29, 0.717) is 19.3 Å². The lowest BCUT2D eigenvalue weighted by Crippen LogP contribution is -2.50. The molecule has 3 unspecified atom stereocenters. The lowest BCUT2D eigenvalue weighted by atomic mass is 10.0. The fraction of sp³-hybridized carbons (Fsp3) is 0.891. The molecule has 3 atom stereocenters. The van der Waals surface area contributed by atoms with Gasteiger partial charge < -0.3 is 15.5 Å². The van der Waals surface area contributed by atoms with Gasteiger partial charge in [-0.3, -0.25) is 9.35 Å². The molecule has 0 aliphatic carbocycles. The minimum atomic E-state index is -4.41. The van der Waals surface area contributed by atoms with Crippen LogP contribution in [0.4, 0.5) is 0 Å². The lowest BCUT2D eigenvalue weighted by molar-refractivity contribution is -0.131. The second-order valence-electron chi connectivity index (χ2n) is 16.2. The van der Waals surface area contributed by atoms with E-state index in [-0.39, 0.29) is 6.42 Å². The number of rotatable bonds is 42. The molecule has 0 bridgehead atoms. The highest BCUT2D eigenvalue weighted by Crippen LogP contribution is 2.17. The molecule has 0 heterocycles. The number of carbonyl (C=O) groups is 1. The zero-order valence-corrected chi connectivity index (χ0v) is 36.3. The molecular formula is C46H89NO6S. The minimum absolute atomic E-state index is 0.286. The number of aliphatic hydroxyl groups excluding tert-OH is 2. The van der Waals surface area contributed by atoms with Crippen LogP contribution in [0.3, 0.4) is 0 Å². The highest BCUT2D eigenvalue weighted by molar-refractivity contribution is 7.85. The van der Waals surface area contributed by atoms with E-state index in [0.717, 1.165) is 57.8 Å². The Labute approximate surface area is 335 Å². The van der Waals surface area contributed by atoms with Gasteiger partial charge in [0.15, 0.2) is 0 Å². The molecule has 0 aromatic carbocycles. The van der Waals surface area contributed by atoms with Crippen LogP contribution in [-0.4, -0.2) is 53.1 Å². The Morgan fingerprint density at radius 1 is 0.500 bits per heavy atom. The minimum Gasteiger partial charge on any atom is -0.391 e. The maximum atomic E-state index is 12.6. The Balaban J connectivity index is 3.90. The summed E-state index contributed by atoms with van der Waals surface area (Å²) in [6.07, 6.45) is 47.7. The predicted octanol–water partition coefficient (Wildman–Crippen LogP) is 12.9. The summed E-state index contributed by atoms with van der Waals surface area (Å²) < 4.78 is 32.7. The smallest absolute Gasteiger partial charge is 0.266 e. The van der Waals surface area contributed by atoms with Gasteiger partial charge in [0.05, 0.1) is 17.9 Å². The van der Waals surface area contributed by atoms with Crippen molar-refractivity contribution in [2.75, 3.05) is 5.75 Å². The highest BCUT2D eigenvalue weighted by Gasteiger charge is 2.28. The zero-order chi connectivity index (χ0) is 39.8. The summed E-state index contributed by atoms with van der Waals surface area (Å²) in [5, 5.41) is 23.6. The first-order valence-electron chi connectivity index (χ1n) is 23.1. The average Bonchev–Trinajstić information content (AvgIpc) is 3.14. The van der Waals surface area contributed by atoms with Crippen molar-refractivity contribution in [2.45, 2.75) is 257 Å². The summed E-state index contributed by atoms with van der Waals surface area (Å²) in [4.78, 5) is 12.6. The topological polar surface area (TPSA) is 124 Å². The number of nitrogens with one attached hydrogen (secondary N) is 1. The molecule has 0 spiro atoms.